The second-order valence-corrected chi connectivity index (χ2v) is 8.43. The predicted molar refractivity (Wildman–Crippen MR) is 117 cm³/mol. The lowest BCUT2D eigenvalue weighted by molar-refractivity contribution is -0.0721. The number of hydrogen-bond donors (Lipinski definition) is 1. The molecule has 2 aliphatic heterocycles. The van der Waals surface area contributed by atoms with E-state index in [1.54, 1.807) is 0 Å². The van der Waals surface area contributed by atoms with E-state index in [4.69, 9.17) is 9.47 Å². The number of aliphatic imine (C=N–C) groups is 1. The number of nitrogens with zero attached hydrogens (tertiary/aromatic N) is 2. The Bertz CT molecular complexity index is 427. The monoisotopic (exact) mass is 479 g/mol. The third-order valence-electron chi connectivity index (χ3n) is 6.23. The predicted octanol–water partition coefficient (Wildman–Crippen LogP) is 3.81. The number of rotatable bonds is 5. The first-order chi connectivity index (χ1) is 12.2. The van der Waals surface area contributed by atoms with Crippen LogP contribution in [0, 0.1) is 5.41 Å². The number of halogens is 1. The van der Waals surface area contributed by atoms with Crippen LogP contribution in [-0.4, -0.2) is 63.0 Å². The van der Waals surface area contributed by atoms with E-state index in [9.17, 15) is 0 Å². The Kier molecular flexibility index (Phi) is 9.44. The van der Waals surface area contributed by atoms with Gasteiger partial charge in [-0.2, -0.15) is 0 Å². The summed E-state index contributed by atoms with van der Waals surface area (Å²) in [6.07, 6.45) is 12.0. The summed E-state index contributed by atoms with van der Waals surface area (Å²) in [6.45, 7) is 7.21. The quantitative estimate of drug-likeness (QED) is 0.370. The average Bonchev–Trinajstić information content (AvgIpc) is 3.09. The van der Waals surface area contributed by atoms with Crippen LogP contribution >= 0.6 is 24.0 Å². The van der Waals surface area contributed by atoms with Gasteiger partial charge in [0.1, 0.15) is 0 Å². The lowest BCUT2D eigenvalue weighted by Gasteiger charge is -2.36. The van der Waals surface area contributed by atoms with E-state index in [0.717, 1.165) is 58.1 Å². The molecule has 0 aromatic rings. The summed E-state index contributed by atoms with van der Waals surface area (Å²) in [7, 11) is 1.91. The molecule has 0 amide bonds. The molecule has 1 saturated carbocycles. The largest absolute Gasteiger partial charge is 0.376 e. The van der Waals surface area contributed by atoms with Crippen LogP contribution in [0.5, 0.6) is 0 Å². The Hall–Kier alpha value is -0.0800. The highest BCUT2D eigenvalue weighted by molar-refractivity contribution is 14.0. The van der Waals surface area contributed by atoms with E-state index in [-0.39, 0.29) is 24.0 Å². The Morgan fingerprint density at radius 2 is 1.88 bits per heavy atom. The molecule has 3 aliphatic rings. The van der Waals surface area contributed by atoms with Gasteiger partial charge in [-0.3, -0.25) is 4.99 Å². The molecule has 6 heteroatoms. The minimum Gasteiger partial charge on any atom is -0.376 e. The number of piperidine rings is 1. The second kappa shape index (κ2) is 11.1. The Morgan fingerprint density at radius 3 is 2.50 bits per heavy atom. The van der Waals surface area contributed by atoms with Crippen molar-refractivity contribution in [3.8, 4) is 0 Å². The van der Waals surface area contributed by atoms with Gasteiger partial charge in [-0.15, -0.1) is 24.0 Å². The van der Waals surface area contributed by atoms with Crippen LogP contribution in [0.2, 0.25) is 0 Å². The minimum atomic E-state index is 0. The molecule has 5 nitrogen and oxygen atoms in total. The van der Waals surface area contributed by atoms with Crippen LogP contribution < -0.4 is 5.32 Å². The third-order valence-corrected chi connectivity index (χ3v) is 6.23. The van der Waals surface area contributed by atoms with Crippen molar-refractivity contribution in [2.45, 2.75) is 76.9 Å². The highest BCUT2D eigenvalue weighted by Gasteiger charge is 2.30. The lowest BCUT2D eigenvalue weighted by atomic mass is 9.89. The van der Waals surface area contributed by atoms with Crippen LogP contribution in [0.1, 0.15) is 64.7 Å². The summed E-state index contributed by atoms with van der Waals surface area (Å²) in [5, 5.41) is 3.64. The first-order valence-corrected chi connectivity index (χ1v) is 10.4. The van der Waals surface area contributed by atoms with E-state index >= 15 is 0 Å². The molecule has 0 aromatic heterocycles. The third kappa shape index (κ3) is 6.51. The molecule has 26 heavy (non-hydrogen) atoms. The highest BCUT2D eigenvalue weighted by atomic mass is 127. The van der Waals surface area contributed by atoms with Gasteiger partial charge in [-0.1, -0.05) is 19.8 Å². The van der Waals surface area contributed by atoms with Crippen LogP contribution in [0.15, 0.2) is 4.99 Å². The zero-order valence-electron chi connectivity index (χ0n) is 16.7. The average molecular weight is 479 g/mol. The topological polar surface area (TPSA) is 46.1 Å². The van der Waals surface area contributed by atoms with E-state index in [1.165, 1.54) is 38.5 Å². The number of guanidine groups is 1. The molecular weight excluding hydrogens is 441 g/mol. The molecule has 1 unspecified atom stereocenters. The Balaban J connectivity index is 0.00000243. The number of hydrogen-bond acceptors (Lipinski definition) is 3. The smallest absolute Gasteiger partial charge is 0.193 e. The highest BCUT2D eigenvalue weighted by Crippen LogP contribution is 2.36. The standard InChI is InChI=1S/C20H37N3O2.HI/c1-20(10-4-5-11-20)16-22-19(21-2)23-12-8-17(9-13-23)25-15-18-7-3-6-14-24-18;/h17-18H,3-16H2,1-2H3,(H,21,22);1H. The molecule has 1 aliphatic carbocycles. The fraction of sp³-hybridized carbons (Fsp3) is 0.950. The molecular formula is C20H38IN3O2. The van der Waals surface area contributed by atoms with Crippen molar-refractivity contribution in [1.82, 2.24) is 10.2 Å². The van der Waals surface area contributed by atoms with Gasteiger partial charge in [0.25, 0.3) is 0 Å². The maximum atomic E-state index is 6.13. The summed E-state index contributed by atoms with van der Waals surface area (Å²) in [4.78, 5) is 6.92. The molecule has 0 radical (unpaired) electrons. The maximum Gasteiger partial charge on any atom is 0.193 e. The van der Waals surface area contributed by atoms with Crippen molar-refractivity contribution in [3.05, 3.63) is 0 Å². The molecule has 2 heterocycles. The van der Waals surface area contributed by atoms with Crippen molar-refractivity contribution >= 4 is 29.9 Å². The van der Waals surface area contributed by atoms with Crippen molar-refractivity contribution in [3.63, 3.8) is 0 Å². The molecule has 0 aromatic carbocycles. The molecule has 0 spiro atoms. The first-order valence-electron chi connectivity index (χ1n) is 10.4. The Morgan fingerprint density at radius 1 is 1.15 bits per heavy atom. The zero-order valence-corrected chi connectivity index (χ0v) is 19.0. The van der Waals surface area contributed by atoms with Crippen molar-refractivity contribution in [2.24, 2.45) is 10.4 Å². The van der Waals surface area contributed by atoms with E-state index in [0.29, 0.717) is 17.6 Å². The molecule has 152 valence electrons. The van der Waals surface area contributed by atoms with Crippen LogP contribution in [0.4, 0.5) is 0 Å². The molecule has 3 fully saturated rings. The summed E-state index contributed by atoms with van der Waals surface area (Å²) >= 11 is 0. The lowest BCUT2D eigenvalue weighted by Crippen LogP contribution is -2.49. The van der Waals surface area contributed by atoms with E-state index < -0.39 is 0 Å². The minimum absolute atomic E-state index is 0. The van der Waals surface area contributed by atoms with Crippen molar-refractivity contribution in [1.29, 1.82) is 0 Å². The van der Waals surface area contributed by atoms with Gasteiger partial charge in [0, 0.05) is 33.3 Å². The maximum absolute atomic E-state index is 6.13. The molecule has 3 rings (SSSR count). The summed E-state index contributed by atoms with van der Waals surface area (Å²) < 4.78 is 11.9. The fourth-order valence-electron chi connectivity index (χ4n) is 4.45. The fourth-order valence-corrected chi connectivity index (χ4v) is 4.45. The molecule has 1 N–H and O–H groups in total. The van der Waals surface area contributed by atoms with E-state index in [1.807, 2.05) is 7.05 Å². The van der Waals surface area contributed by atoms with Gasteiger partial charge in [-0.05, 0) is 50.4 Å². The van der Waals surface area contributed by atoms with Gasteiger partial charge in [0.15, 0.2) is 5.96 Å². The van der Waals surface area contributed by atoms with Gasteiger partial charge in [0.2, 0.25) is 0 Å². The summed E-state index contributed by atoms with van der Waals surface area (Å²) in [5.74, 6) is 1.07. The molecule has 0 bridgehead atoms. The number of ether oxygens (including phenoxy) is 2. The Labute approximate surface area is 176 Å². The zero-order chi connectivity index (χ0) is 17.5. The van der Waals surface area contributed by atoms with Gasteiger partial charge in [0.05, 0.1) is 18.8 Å². The number of nitrogens with one attached hydrogen (secondary N) is 1. The van der Waals surface area contributed by atoms with Crippen molar-refractivity contribution < 1.29 is 9.47 Å². The summed E-state index contributed by atoms with van der Waals surface area (Å²) in [5.41, 5.74) is 0.456. The number of likely N-dealkylation sites (tertiary alicyclic amines) is 1. The normalized spacial score (nSPS) is 27.2. The van der Waals surface area contributed by atoms with Crippen molar-refractivity contribution in [2.75, 3.05) is 39.9 Å². The molecule has 1 atom stereocenters. The van der Waals surface area contributed by atoms with Gasteiger partial charge >= 0.3 is 0 Å². The summed E-state index contributed by atoms with van der Waals surface area (Å²) in [6, 6.07) is 0. The second-order valence-electron chi connectivity index (χ2n) is 8.43. The first kappa shape index (κ1) is 22.2. The van der Waals surface area contributed by atoms with Gasteiger partial charge in [-0.25, -0.2) is 0 Å². The van der Waals surface area contributed by atoms with Crippen LogP contribution in [0.25, 0.3) is 0 Å². The van der Waals surface area contributed by atoms with Gasteiger partial charge < -0.3 is 19.7 Å². The van der Waals surface area contributed by atoms with Crippen LogP contribution in [0.3, 0.4) is 0 Å². The SMILES string of the molecule is CN=C(NCC1(C)CCCC1)N1CCC(OCC2CCCCO2)CC1.I. The van der Waals surface area contributed by atoms with E-state index in [2.05, 4.69) is 22.1 Å². The van der Waals surface area contributed by atoms with Crippen LogP contribution in [-0.2, 0) is 9.47 Å². The molecule has 2 saturated heterocycles.